The molecule has 0 fully saturated rings. The number of allylic oxidation sites excluding steroid dienone is 1. The van der Waals surface area contributed by atoms with Crippen LogP contribution in [-0.4, -0.2) is 11.3 Å². The second kappa shape index (κ2) is 5.11. The first-order valence-electron chi connectivity index (χ1n) is 5.77. The van der Waals surface area contributed by atoms with E-state index in [1.165, 1.54) is 5.56 Å². The lowest BCUT2D eigenvalue weighted by Gasteiger charge is -2.22. The monoisotopic (exact) mass is 227 g/mol. The Morgan fingerprint density at radius 3 is 2.71 bits per heavy atom. The van der Waals surface area contributed by atoms with Gasteiger partial charge in [0.05, 0.1) is 6.61 Å². The van der Waals surface area contributed by atoms with Gasteiger partial charge in [0.1, 0.15) is 5.60 Å². The normalized spacial score (nSPS) is 23.3. The van der Waals surface area contributed by atoms with Gasteiger partial charge in [0.25, 0.3) is 0 Å². The second-order valence-corrected chi connectivity index (χ2v) is 4.38. The summed E-state index contributed by atoms with van der Waals surface area (Å²) < 4.78 is 5.94. The number of ether oxygens (including phenoxy) is 1. The van der Waals surface area contributed by atoms with Gasteiger partial charge in [-0.05, 0) is 37.6 Å². The van der Waals surface area contributed by atoms with E-state index in [1.54, 1.807) is 6.20 Å². The number of benzene rings is 1. The average Bonchev–Trinajstić information content (AvgIpc) is 2.51. The SMILES string of the molecule is CC1=NC=CC(C)(OCc2ccccc2)C=C1. The van der Waals surface area contributed by atoms with E-state index < -0.39 is 0 Å². The van der Waals surface area contributed by atoms with Crippen LogP contribution in [0.3, 0.4) is 0 Å². The molecule has 2 rings (SSSR count). The van der Waals surface area contributed by atoms with Gasteiger partial charge < -0.3 is 4.74 Å². The zero-order valence-electron chi connectivity index (χ0n) is 10.3. The minimum atomic E-state index is -0.378. The molecule has 0 amide bonds. The molecule has 1 unspecified atom stereocenters. The standard InChI is InChI=1S/C15H17NO/c1-13-8-9-15(2,10-11-16-13)17-12-14-6-4-3-5-7-14/h3-11H,12H2,1-2H3. The van der Waals surface area contributed by atoms with Crippen LogP contribution in [0, 0.1) is 0 Å². The van der Waals surface area contributed by atoms with Crippen molar-refractivity contribution < 1.29 is 4.74 Å². The molecule has 0 spiro atoms. The van der Waals surface area contributed by atoms with E-state index in [0.29, 0.717) is 6.61 Å². The summed E-state index contributed by atoms with van der Waals surface area (Å²) in [4.78, 5) is 4.24. The van der Waals surface area contributed by atoms with Crippen LogP contribution in [0.5, 0.6) is 0 Å². The highest BCUT2D eigenvalue weighted by Gasteiger charge is 2.18. The number of aliphatic imine (C=N–C) groups is 1. The maximum atomic E-state index is 5.94. The summed E-state index contributed by atoms with van der Waals surface area (Å²) in [6, 6.07) is 10.2. The van der Waals surface area contributed by atoms with Gasteiger partial charge in [0, 0.05) is 11.9 Å². The van der Waals surface area contributed by atoms with Crippen LogP contribution in [0.4, 0.5) is 0 Å². The Morgan fingerprint density at radius 1 is 1.18 bits per heavy atom. The Bertz CT molecular complexity index is 459. The van der Waals surface area contributed by atoms with E-state index in [4.69, 9.17) is 4.74 Å². The smallest absolute Gasteiger partial charge is 0.104 e. The first kappa shape index (κ1) is 11.8. The van der Waals surface area contributed by atoms with E-state index in [9.17, 15) is 0 Å². The lowest BCUT2D eigenvalue weighted by molar-refractivity contribution is 0.0284. The summed E-state index contributed by atoms with van der Waals surface area (Å²) in [6.07, 6.45) is 7.81. The minimum Gasteiger partial charge on any atom is -0.362 e. The number of hydrogen-bond acceptors (Lipinski definition) is 2. The molecule has 0 radical (unpaired) electrons. The van der Waals surface area contributed by atoms with Crippen molar-refractivity contribution in [3.63, 3.8) is 0 Å². The molecular weight excluding hydrogens is 210 g/mol. The summed E-state index contributed by atoms with van der Waals surface area (Å²) in [5, 5.41) is 0. The van der Waals surface area contributed by atoms with Gasteiger partial charge in [-0.3, -0.25) is 4.99 Å². The summed E-state index contributed by atoms with van der Waals surface area (Å²) in [5.74, 6) is 0. The molecule has 1 aliphatic heterocycles. The predicted molar refractivity (Wildman–Crippen MR) is 71.0 cm³/mol. The van der Waals surface area contributed by atoms with Crippen LogP contribution in [-0.2, 0) is 11.3 Å². The fraction of sp³-hybridized carbons (Fsp3) is 0.267. The van der Waals surface area contributed by atoms with Gasteiger partial charge in [0.15, 0.2) is 0 Å². The van der Waals surface area contributed by atoms with E-state index in [2.05, 4.69) is 17.1 Å². The fourth-order valence-electron chi connectivity index (χ4n) is 1.60. The Morgan fingerprint density at radius 2 is 1.94 bits per heavy atom. The summed E-state index contributed by atoms with van der Waals surface area (Å²) in [6.45, 7) is 4.62. The maximum absolute atomic E-state index is 5.94. The summed E-state index contributed by atoms with van der Waals surface area (Å²) in [5.41, 5.74) is 1.79. The quantitative estimate of drug-likeness (QED) is 0.774. The largest absolute Gasteiger partial charge is 0.362 e. The van der Waals surface area contributed by atoms with Gasteiger partial charge >= 0.3 is 0 Å². The van der Waals surface area contributed by atoms with Crippen molar-refractivity contribution >= 4 is 5.71 Å². The molecule has 2 nitrogen and oxygen atoms in total. The van der Waals surface area contributed by atoms with Crippen molar-refractivity contribution in [2.45, 2.75) is 26.1 Å². The molecule has 1 aromatic rings. The van der Waals surface area contributed by atoms with Crippen molar-refractivity contribution in [1.82, 2.24) is 0 Å². The van der Waals surface area contributed by atoms with Gasteiger partial charge in [0.2, 0.25) is 0 Å². The van der Waals surface area contributed by atoms with Gasteiger partial charge in [-0.25, -0.2) is 0 Å². The Kier molecular flexibility index (Phi) is 3.55. The van der Waals surface area contributed by atoms with E-state index >= 15 is 0 Å². The number of hydrogen-bond donors (Lipinski definition) is 0. The van der Waals surface area contributed by atoms with Crippen LogP contribution < -0.4 is 0 Å². The maximum Gasteiger partial charge on any atom is 0.104 e. The molecule has 88 valence electrons. The minimum absolute atomic E-state index is 0.378. The lowest BCUT2D eigenvalue weighted by Crippen LogP contribution is -2.22. The van der Waals surface area contributed by atoms with Crippen LogP contribution in [0.2, 0.25) is 0 Å². The molecule has 0 bridgehead atoms. The van der Waals surface area contributed by atoms with E-state index in [-0.39, 0.29) is 5.60 Å². The predicted octanol–water partition coefficient (Wildman–Crippen LogP) is 3.51. The van der Waals surface area contributed by atoms with Crippen molar-refractivity contribution in [2.75, 3.05) is 0 Å². The van der Waals surface area contributed by atoms with E-state index in [1.807, 2.05) is 50.3 Å². The van der Waals surface area contributed by atoms with Gasteiger partial charge in [-0.1, -0.05) is 30.3 Å². The second-order valence-electron chi connectivity index (χ2n) is 4.38. The van der Waals surface area contributed by atoms with E-state index in [0.717, 1.165) is 5.71 Å². The zero-order chi connectivity index (χ0) is 12.1. The molecule has 0 aliphatic carbocycles. The molecule has 2 heteroatoms. The van der Waals surface area contributed by atoms with Crippen molar-refractivity contribution in [2.24, 2.45) is 4.99 Å². The van der Waals surface area contributed by atoms with Gasteiger partial charge in [-0.15, -0.1) is 0 Å². The van der Waals surface area contributed by atoms with Crippen molar-refractivity contribution in [1.29, 1.82) is 0 Å². The van der Waals surface area contributed by atoms with Crippen LogP contribution >= 0.6 is 0 Å². The lowest BCUT2D eigenvalue weighted by atomic mass is 10.1. The average molecular weight is 227 g/mol. The van der Waals surface area contributed by atoms with Crippen molar-refractivity contribution in [3.8, 4) is 0 Å². The van der Waals surface area contributed by atoms with Crippen molar-refractivity contribution in [3.05, 3.63) is 60.3 Å². The molecule has 17 heavy (non-hydrogen) atoms. The van der Waals surface area contributed by atoms with Crippen LogP contribution in [0.15, 0.2) is 59.8 Å². The first-order valence-corrected chi connectivity index (χ1v) is 5.77. The summed E-state index contributed by atoms with van der Waals surface area (Å²) in [7, 11) is 0. The Labute approximate surface area is 102 Å². The third-order valence-corrected chi connectivity index (χ3v) is 2.73. The molecule has 0 saturated heterocycles. The number of rotatable bonds is 3. The zero-order valence-corrected chi connectivity index (χ0v) is 10.3. The molecule has 0 saturated carbocycles. The summed E-state index contributed by atoms with van der Waals surface area (Å²) >= 11 is 0. The Hall–Kier alpha value is -1.67. The molecule has 1 heterocycles. The fourth-order valence-corrected chi connectivity index (χ4v) is 1.60. The highest BCUT2D eigenvalue weighted by Crippen LogP contribution is 2.19. The number of nitrogens with zero attached hydrogens (tertiary/aromatic N) is 1. The van der Waals surface area contributed by atoms with Crippen LogP contribution in [0.1, 0.15) is 19.4 Å². The molecule has 1 atom stereocenters. The molecule has 1 aliphatic rings. The molecule has 1 aromatic carbocycles. The third kappa shape index (κ3) is 3.40. The first-order chi connectivity index (χ1) is 8.18. The highest BCUT2D eigenvalue weighted by atomic mass is 16.5. The van der Waals surface area contributed by atoms with Gasteiger partial charge in [-0.2, -0.15) is 0 Å². The Balaban J connectivity index is 2.02. The third-order valence-electron chi connectivity index (χ3n) is 2.73. The molecular formula is C15H17NO. The highest BCUT2D eigenvalue weighted by molar-refractivity contribution is 5.93. The van der Waals surface area contributed by atoms with Crippen LogP contribution in [0.25, 0.3) is 0 Å². The molecule has 0 N–H and O–H groups in total. The topological polar surface area (TPSA) is 21.6 Å². The molecule has 0 aromatic heterocycles.